The van der Waals surface area contributed by atoms with E-state index < -0.39 is 5.91 Å². The predicted octanol–water partition coefficient (Wildman–Crippen LogP) is 2.96. The van der Waals surface area contributed by atoms with Gasteiger partial charge in [0, 0.05) is 25.0 Å². The zero-order valence-corrected chi connectivity index (χ0v) is 16.1. The van der Waals surface area contributed by atoms with Crippen molar-refractivity contribution in [2.45, 2.75) is 13.3 Å². The average Bonchev–Trinajstić information content (AvgIpc) is 3.17. The maximum atomic E-state index is 13.3. The number of rotatable bonds is 4. The summed E-state index contributed by atoms with van der Waals surface area (Å²) in [6.07, 6.45) is 2.18. The number of hydrogen-bond donors (Lipinski definition) is 0. The largest absolute Gasteiger partial charge is 0.496 e. The molecule has 0 saturated carbocycles. The maximum Gasteiger partial charge on any atom is 0.280 e. The quantitative estimate of drug-likeness (QED) is 0.803. The van der Waals surface area contributed by atoms with Gasteiger partial charge in [-0.2, -0.15) is 0 Å². The molecule has 2 aromatic rings. The molecule has 1 aliphatic rings. The summed E-state index contributed by atoms with van der Waals surface area (Å²) in [7, 11) is 2.90. The molecular weight excluding hydrogens is 370 g/mol. The number of nitrogens with zero attached hydrogens (tertiary/aromatic N) is 3. The molecule has 1 saturated heterocycles. The standard InChI is InChI=1S/C19H20ClN3O4/c1-12-5-6-13(11-21-12)18(24)22-9-4-10-23(22)19(25)16-15(26-2)8-7-14(20)17(16)27-3/h5-8,11H,4,9-10H2,1-3H3. The monoisotopic (exact) mass is 389 g/mol. The highest BCUT2D eigenvalue weighted by Crippen LogP contribution is 2.37. The molecule has 1 aromatic carbocycles. The summed E-state index contributed by atoms with van der Waals surface area (Å²) in [5.41, 5.74) is 1.42. The van der Waals surface area contributed by atoms with Crippen LogP contribution in [-0.4, -0.2) is 54.1 Å². The van der Waals surface area contributed by atoms with Gasteiger partial charge in [0.1, 0.15) is 11.3 Å². The van der Waals surface area contributed by atoms with E-state index in [4.69, 9.17) is 21.1 Å². The molecule has 0 spiro atoms. The van der Waals surface area contributed by atoms with Crippen LogP contribution in [0.2, 0.25) is 5.02 Å². The number of methoxy groups -OCH3 is 2. The van der Waals surface area contributed by atoms with E-state index in [2.05, 4.69) is 4.98 Å². The molecule has 0 aliphatic carbocycles. The van der Waals surface area contributed by atoms with Gasteiger partial charge >= 0.3 is 0 Å². The Hall–Kier alpha value is -2.80. The Morgan fingerprint density at radius 2 is 1.74 bits per heavy atom. The second-order valence-corrected chi connectivity index (χ2v) is 6.46. The average molecular weight is 390 g/mol. The van der Waals surface area contributed by atoms with Gasteiger partial charge in [0.05, 0.1) is 24.8 Å². The van der Waals surface area contributed by atoms with Crippen LogP contribution in [0.4, 0.5) is 0 Å². The van der Waals surface area contributed by atoms with Crippen LogP contribution in [0.1, 0.15) is 32.8 Å². The van der Waals surface area contributed by atoms with Crippen LogP contribution in [-0.2, 0) is 0 Å². The second kappa shape index (κ2) is 7.84. The molecule has 0 bridgehead atoms. The summed E-state index contributed by atoms with van der Waals surface area (Å²) in [6.45, 7) is 2.68. The molecule has 142 valence electrons. The molecule has 7 nitrogen and oxygen atoms in total. The fraction of sp³-hybridized carbons (Fsp3) is 0.316. The number of aromatic nitrogens is 1. The summed E-state index contributed by atoms with van der Waals surface area (Å²) in [4.78, 5) is 30.3. The minimum Gasteiger partial charge on any atom is -0.496 e. The number of ether oxygens (including phenoxy) is 2. The van der Waals surface area contributed by atoms with Gasteiger partial charge in [-0.3, -0.25) is 14.6 Å². The van der Waals surface area contributed by atoms with Crippen LogP contribution >= 0.6 is 11.6 Å². The summed E-state index contributed by atoms with van der Waals surface area (Å²) in [5, 5.41) is 3.12. The molecular formula is C19H20ClN3O4. The second-order valence-electron chi connectivity index (χ2n) is 6.06. The number of amides is 2. The molecule has 0 N–H and O–H groups in total. The van der Waals surface area contributed by atoms with E-state index in [1.54, 1.807) is 24.3 Å². The molecule has 27 heavy (non-hydrogen) atoms. The van der Waals surface area contributed by atoms with E-state index in [0.717, 1.165) is 5.69 Å². The highest BCUT2D eigenvalue weighted by Gasteiger charge is 2.35. The van der Waals surface area contributed by atoms with E-state index >= 15 is 0 Å². The van der Waals surface area contributed by atoms with Crippen molar-refractivity contribution in [3.8, 4) is 11.5 Å². The van der Waals surface area contributed by atoms with E-state index in [0.29, 0.717) is 35.8 Å². The van der Waals surface area contributed by atoms with Crippen LogP contribution in [0, 0.1) is 6.92 Å². The molecule has 3 rings (SSSR count). The molecule has 2 heterocycles. The first-order chi connectivity index (χ1) is 13.0. The first-order valence-corrected chi connectivity index (χ1v) is 8.82. The van der Waals surface area contributed by atoms with Gasteiger partial charge in [0.25, 0.3) is 11.8 Å². The smallest absolute Gasteiger partial charge is 0.280 e. The molecule has 1 aromatic heterocycles. The topological polar surface area (TPSA) is 72.0 Å². The van der Waals surface area contributed by atoms with Crippen LogP contribution < -0.4 is 9.47 Å². The van der Waals surface area contributed by atoms with Gasteiger partial charge in [-0.1, -0.05) is 11.6 Å². The Bertz CT molecular complexity index is 870. The summed E-state index contributed by atoms with van der Waals surface area (Å²) < 4.78 is 10.6. The zero-order valence-electron chi connectivity index (χ0n) is 15.4. The summed E-state index contributed by atoms with van der Waals surface area (Å²) >= 11 is 6.18. The number of hydrogen-bond acceptors (Lipinski definition) is 5. The molecule has 0 unspecified atom stereocenters. The Morgan fingerprint density at radius 1 is 1.04 bits per heavy atom. The Labute approximate surface area is 162 Å². The van der Waals surface area contributed by atoms with Crippen molar-refractivity contribution in [1.82, 2.24) is 15.0 Å². The van der Waals surface area contributed by atoms with Gasteiger partial charge in [-0.05, 0) is 37.6 Å². The molecule has 0 atom stereocenters. The van der Waals surface area contributed by atoms with Crippen LogP contribution in [0.5, 0.6) is 11.5 Å². The number of hydrazine groups is 1. The minimum atomic E-state index is -0.405. The van der Waals surface area contributed by atoms with Crippen molar-refractivity contribution < 1.29 is 19.1 Å². The number of carbonyl (C=O) groups is 2. The number of pyridine rings is 1. The normalized spacial score (nSPS) is 13.6. The lowest BCUT2D eigenvalue weighted by atomic mass is 10.1. The first kappa shape index (κ1) is 19.0. The third-order valence-electron chi connectivity index (χ3n) is 4.37. The Morgan fingerprint density at radius 3 is 2.33 bits per heavy atom. The van der Waals surface area contributed by atoms with Crippen LogP contribution in [0.3, 0.4) is 0 Å². The summed E-state index contributed by atoms with van der Waals surface area (Å²) in [6, 6.07) is 6.66. The molecule has 2 amide bonds. The van der Waals surface area contributed by atoms with Gasteiger partial charge < -0.3 is 9.47 Å². The number of benzene rings is 1. The van der Waals surface area contributed by atoms with E-state index in [1.807, 2.05) is 6.92 Å². The molecule has 8 heteroatoms. The molecule has 0 radical (unpaired) electrons. The van der Waals surface area contributed by atoms with Gasteiger partial charge in [-0.15, -0.1) is 0 Å². The van der Waals surface area contributed by atoms with Crippen molar-refractivity contribution in [3.05, 3.63) is 52.3 Å². The van der Waals surface area contributed by atoms with Crippen molar-refractivity contribution >= 4 is 23.4 Å². The first-order valence-electron chi connectivity index (χ1n) is 8.44. The van der Waals surface area contributed by atoms with Crippen LogP contribution in [0.25, 0.3) is 0 Å². The Kier molecular flexibility index (Phi) is 5.51. The highest BCUT2D eigenvalue weighted by molar-refractivity contribution is 6.32. The fourth-order valence-corrected chi connectivity index (χ4v) is 3.25. The highest BCUT2D eigenvalue weighted by atomic mass is 35.5. The van der Waals surface area contributed by atoms with Gasteiger partial charge in [0.2, 0.25) is 0 Å². The summed E-state index contributed by atoms with van der Waals surface area (Å²) in [5.74, 6) is -0.139. The number of halogens is 1. The van der Waals surface area contributed by atoms with Crippen molar-refractivity contribution in [1.29, 1.82) is 0 Å². The number of carbonyl (C=O) groups excluding carboxylic acids is 2. The van der Waals surface area contributed by atoms with E-state index in [-0.39, 0.29) is 17.2 Å². The van der Waals surface area contributed by atoms with Gasteiger partial charge in [-0.25, -0.2) is 10.0 Å². The fourth-order valence-electron chi connectivity index (χ4n) is 3.02. The maximum absolute atomic E-state index is 13.3. The van der Waals surface area contributed by atoms with Crippen molar-refractivity contribution in [2.75, 3.05) is 27.3 Å². The molecule has 1 aliphatic heterocycles. The third kappa shape index (κ3) is 3.55. The molecule has 1 fully saturated rings. The lowest BCUT2D eigenvalue weighted by Gasteiger charge is -2.29. The Balaban J connectivity index is 1.96. The van der Waals surface area contributed by atoms with E-state index in [9.17, 15) is 9.59 Å². The number of aryl methyl sites for hydroxylation is 1. The lowest BCUT2D eigenvalue weighted by molar-refractivity contribution is 0.0182. The lowest BCUT2D eigenvalue weighted by Crippen LogP contribution is -2.45. The van der Waals surface area contributed by atoms with E-state index in [1.165, 1.54) is 30.4 Å². The minimum absolute atomic E-state index is 0.189. The SMILES string of the molecule is COc1ccc(Cl)c(OC)c1C(=O)N1CCCN1C(=O)c1ccc(C)nc1. The van der Waals surface area contributed by atoms with Crippen LogP contribution in [0.15, 0.2) is 30.5 Å². The third-order valence-corrected chi connectivity index (χ3v) is 4.67. The zero-order chi connectivity index (χ0) is 19.6. The van der Waals surface area contributed by atoms with Crippen molar-refractivity contribution in [2.24, 2.45) is 0 Å². The van der Waals surface area contributed by atoms with Crippen molar-refractivity contribution in [3.63, 3.8) is 0 Å². The van der Waals surface area contributed by atoms with Gasteiger partial charge in [0.15, 0.2) is 5.75 Å². The predicted molar refractivity (Wildman–Crippen MR) is 100 cm³/mol.